The zero-order valence-corrected chi connectivity index (χ0v) is 29.7. The summed E-state index contributed by atoms with van der Waals surface area (Å²) in [4.78, 5) is 12.6. The Labute approximate surface area is 278 Å². The third-order valence-electron chi connectivity index (χ3n) is 6.26. The Balaban J connectivity index is 1.18. The molecule has 42 heavy (non-hydrogen) atoms. The van der Waals surface area contributed by atoms with Crippen molar-refractivity contribution in [3.63, 3.8) is 0 Å². The number of hydrogen-bond acceptors (Lipinski definition) is 7. The SMILES string of the molecule is O=C(CCS[P+](=S)SC(Cc1ccccc1)c1ccccc1)NCS[P+](=S)SC(Cc1ccccc1)c1ccccc1. The quantitative estimate of drug-likeness (QED) is 0.0866. The Morgan fingerprint density at radius 3 is 1.48 bits per heavy atom. The van der Waals surface area contributed by atoms with E-state index in [4.69, 9.17) is 23.6 Å². The second kappa shape index (κ2) is 19.2. The summed E-state index contributed by atoms with van der Waals surface area (Å²) in [6.07, 6.45) is 2.36. The lowest BCUT2D eigenvalue weighted by atomic mass is 10.0. The van der Waals surface area contributed by atoms with Crippen molar-refractivity contribution in [3.05, 3.63) is 144 Å². The first-order valence-corrected chi connectivity index (χ1v) is 24.4. The maximum Gasteiger partial charge on any atom is 0.319 e. The Bertz CT molecular complexity index is 1290. The van der Waals surface area contributed by atoms with E-state index in [0.29, 0.717) is 22.8 Å². The first-order chi connectivity index (χ1) is 20.6. The minimum absolute atomic E-state index is 0.0644. The smallest absolute Gasteiger partial charge is 0.319 e. The fraction of sp³-hybridized carbons (Fsp3) is 0.219. The van der Waals surface area contributed by atoms with Crippen LogP contribution in [0.2, 0.25) is 0 Å². The molecule has 0 spiro atoms. The Hall–Kier alpha value is -1.21. The molecule has 10 heteroatoms. The number of amides is 1. The molecule has 216 valence electrons. The number of carbonyl (C=O) groups excluding carboxylic acids is 1. The molecule has 0 aliphatic carbocycles. The third-order valence-corrected chi connectivity index (χ3v) is 20.7. The summed E-state index contributed by atoms with van der Waals surface area (Å²) in [7, 11) is 0. The first-order valence-electron chi connectivity index (χ1n) is 13.5. The van der Waals surface area contributed by atoms with E-state index in [2.05, 4.69) is 115 Å². The van der Waals surface area contributed by atoms with Gasteiger partial charge in [0.05, 0.1) is 10.5 Å². The molecule has 0 aliphatic heterocycles. The maximum atomic E-state index is 12.6. The second-order valence-corrected chi connectivity index (χ2v) is 26.5. The van der Waals surface area contributed by atoms with Crippen LogP contribution in [0, 0.1) is 0 Å². The molecule has 2 nitrogen and oxygen atoms in total. The summed E-state index contributed by atoms with van der Waals surface area (Å²) in [6, 6.07) is 42.3. The van der Waals surface area contributed by atoms with Crippen LogP contribution in [0.5, 0.6) is 0 Å². The van der Waals surface area contributed by atoms with Crippen LogP contribution < -0.4 is 5.32 Å². The van der Waals surface area contributed by atoms with Crippen molar-refractivity contribution in [2.45, 2.75) is 29.8 Å². The molecule has 0 fully saturated rings. The minimum atomic E-state index is -0.767. The lowest BCUT2D eigenvalue weighted by Crippen LogP contribution is -2.22. The van der Waals surface area contributed by atoms with Gasteiger partial charge in [-0.25, -0.2) is 0 Å². The highest BCUT2D eigenvalue weighted by molar-refractivity contribution is 8.94. The summed E-state index contributed by atoms with van der Waals surface area (Å²) < 4.78 is 0. The van der Waals surface area contributed by atoms with Crippen LogP contribution in [0.15, 0.2) is 121 Å². The summed E-state index contributed by atoms with van der Waals surface area (Å²) >= 11 is 18.8. The highest BCUT2D eigenvalue weighted by Gasteiger charge is 2.27. The zero-order valence-electron chi connectivity index (χ0n) is 23.0. The summed E-state index contributed by atoms with van der Waals surface area (Å²) in [6.45, 7) is 0. The minimum Gasteiger partial charge on any atom is -0.343 e. The highest BCUT2D eigenvalue weighted by Crippen LogP contribution is 2.58. The molecule has 4 rings (SSSR count). The van der Waals surface area contributed by atoms with Gasteiger partial charge in [-0.05, 0) is 35.1 Å². The molecule has 0 saturated carbocycles. The van der Waals surface area contributed by atoms with Gasteiger partial charge in [0.25, 0.3) is 0 Å². The van der Waals surface area contributed by atoms with Gasteiger partial charge in [0.2, 0.25) is 5.91 Å². The van der Waals surface area contributed by atoms with Gasteiger partial charge in [0.15, 0.2) is 23.6 Å². The third kappa shape index (κ3) is 12.4. The Morgan fingerprint density at radius 2 is 1.02 bits per heavy atom. The molecule has 0 heterocycles. The standard InChI is InChI=1S/C32H32NOP2S6/c34-32(21-22-39-35(37)41-30(28-17-9-3-10-18-28)23-26-13-5-1-6-14-26)33-25-40-36(38)42-31(29-19-11-4-12-20-29)24-27-15-7-2-8-16-27/h1-20,30-31H,21-25H2/q+1/p+1. The van der Waals surface area contributed by atoms with E-state index < -0.39 is 10.2 Å². The van der Waals surface area contributed by atoms with Crippen molar-refractivity contribution in [2.24, 2.45) is 0 Å². The van der Waals surface area contributed by atoms with Gasteiger partial charge in [0.1, 0.15) is 51.4 Å². The largest absolute Gasteiger partial charge is 0.343 e. The van der Waals surface area contributed by atoms with Gasteiger partial charge in [-0.3, -0.25) is 4.79 Å². The van der Waals surface area contributed by atoms with E-state index in [0.717, 1.165) is 18.6 Å². The number of carbonyl (C=O) groups is 1. The molecule has 0 radical (unpaired) electrons. The monoisotopic (exact) mass is 701 g/mol. The summed E-state index contributed by atoms with van der Waals surface area (Å²) in [5.41, 5.74) is 5.22. The zero-order chi connectivity index (χ0) is 29.4. The van der Waals surface area contributed by atoms with Crippen molar-refractivity contribution < 1.29 is 4.79 Å². The molecule has 1 amide bonds. The lowest BCUT2D eigenvalue weighted by molar-refractivity contribution is -0.120. The van der Waals surface area contributed by atoms with Crippen molar-refractivity contribution in [3.8, 4) is 0 Å². The maximum absolute atomic E-state index is 12.6. The average molecular weight is 702 g/mol. The van der Waals surface area contributed by atoms with Gasteiger partial charge in [-0.1, -0.05) is 121 Å². The van der Waals surface area contributed by atoms with Gasteiger partial charge in [0, 0.05) is 12.2 Å². The summed E-state index contributed by atoms with van der Waals surface area (Å²) in [5, 5.41) is 2.16. The van der Waals surface area contributed by atoms with Crippen molar-refractivity contribution in [1.82, 2.24) is 5.32 Å². The van der Waals surface area contributed by atoms with Crippen LogP contribution in [0.1, 0.15) is 39.2 Å². The molecule has 0 saturated heterocycles. The molecule has 0 bridgehead atoms. The van der Waals surface area contributed by atoms with Crippen LogP contribution in [-0.2, 0) is 41.2 Å². The van der Waals surface area contributed by atoms with E-state index in [9.17, 15) is 4.79 Å². The van der Waals surface area contributed by atoms with Crippen LogP contribution in [0.3, 0.4) is 0 Å². The Kier molecular flexibility index (Phi) is 15.4. The number of nitrogens with one attached hydrogen (secondary N) is 1. The van der Waals surface area contributed by atoms with Crippen LogP contribution in [0.4, 0.5) is 0 Å². The van der Waals surface area contributed by atoms with Crippen LogP contribution in [-0.4, -0.2) is 17.5 Å². The molecule has 0 aromatic heterocycles. The van der Waals surface area contributed by atoms with E-state index in [1.807, 2.05) is 34.9 Å². The molecule has 1 N–H and O–H groups in total. The molecule has 0 aliphatic rings. The average Bonchev–Trinajstić information content (AvgIpc) is 3.02. The molecular weight excluding hydrogens is 669 g/mol. The number of hydrogen-bond donors (Lipinski definition) is 1. The molecule has 4 unspecified atom stereocenters. The fourth-order valence-electron chi connectivity index (χ4n) is 4.16. The first kappa shape index (κ1) is 33.7. The van der Waals surface area contributed by atoms with Crippen molar-refractivity contribution in [2.75, 3.05) is 11.6 Å². The highest BCUT2D eigenvalue weighted by atomic mass is 33.2. The van der Waals surface area contributed by atoms with Gasteiger partial charge >= 0.3 is 10.2 Å². The normalized spacial score (nSPS) is 13.1. The lowest BCUT2D eigenvalue weighted by Gasteiger charge is -2.12. The topological polar surface area (TPSA) is 29.1 Å². The number of rotatable bonds is 17. The molecule has 4 aromatic carbocycles. The van der Waals surface area contributed by atoms with Gasteiger partial charge in [-0.2, -0.15) is 0 Å². The van der Waals surface area contributed by atoms with Crippen molar-refractivity contribution >= 4 is 85.2 Å². The van der Waals surface area contributed by atoms with E-state index in [-0.39, 0.29) is 5.91 Å². The van der Waals surface area contributed by atoms with E-state index in [1.54, 1.807) is 22.8 Å². The van der Waals surface area contributed by atoms with E-state index >= 15 is 0 Å². The van der Waals surface area contributed by atoms with Gasteiger partial charge in [-0.15, -0.1) is 0 Å². The molecule has 4 aromatic rings. The fourth-order valence-corrected chi connectivity index (χ4v) is 17.7. The van der Waals surface area contributed by atoms with Crippen LogP contribution in [0.25, 0.3) is 0 Å². The summed E-state index contributed by atoms with van der Waals surface area (Å²) in [5.74, 6) is 1.34. The molecule has 4 atom stereocenters. The van der Waals surface area contributed by atoms with Gasteiger partial charge < -0.3 is 5.32 Å². The van der Waals surface area contributed by atoms with E-state index in [1.165, 1.54) is 22.3 Å². The predicted molar refractivity (Wildman–Crippen MR) is 200 cm³/mol. The van der Waals surface area contributed by atoms with Crippen LogP contribution >= 0.6 is 55.7 Å². The molecular formula is C32H33NOP2S6+2. The number of benzene rings is 4. The predicted octanol–water partition coefficient (Wildman–Crippen LogP) is 10.9. The Morgan fingerprint density at radius 1 is 0.619 bits per heavy atom. The second-order valence-electron chi connectivity index (χ2n) is 9.29. The van der Waals surface area contributed by atoms with Crippen molar-refractivity contribution in [1.29, 1.82) is 0 Å².